The topological polar surface area (TPSA) is 104 Å². The Morgan fingerprint density at radius 1 is 1.36 bits per heavy atom. The molecule has 0 aromatic heterocycles. The van der Waals surface area contributed by atoms with Crippen molar-refractivity contribution in [2.24, 2.45) is 11.8 Å². The first kappa shape index (κ1) is 19.7. The highest BCUT2D eigenvalue weighted by atomic mass is 35.5. The smallest absolute Gasteiger partial charge is 0.308 e. The van der Waals surface area contributed by atoms with Gasteiger partial charge in [-0.3, -0.25) is 9.59 Å². The number of halogens is 1. The van der Waals surface area contributed by atoms with Crippen LogP contribution in [-0.2, 0) is 14.8 Å². The molecule has 9 heteroatoms. The fourth-order valence-corrected chi connectivity index (χ4v) is 4.04. The molecule has 0 radical (unpaired) electrons. The fourth-order valence-electron chi connectivity index (χ4n) is 2.64. The largest absolute Gasteiger partial charge is 0.481 e. The third-order valence-corrected chi connectivity index (χ3v) is 6.77. The first-order chi connectivity index (χ1) is 11.6. The molecule has 0 aliphatic heterocycles. The molecule has 1 aromatic rings. The molecule has 1 aliphatic carbocycles. The molecule has 25 heavy (non-hydrogen) atoms. The zero-order valence-electron chi connectivity index (χ0n) is 14.0. The lowest BCUT2D eigenvalue weighted by Gasteiger charge is -2.31. The summed E-state index contributed by atoms with van der Waals surface area (Å²) in [5.41, 5.74) is 0.113. The molecule has 0 spiro atoms. The van der Waals surface area contributed by atoms with Gasteiger partial charge in [0.15, 0.2) is 0 Å². The monoisotopic (exact) mass is 388 g/mol. The predicted octanol–water partition coefficient (Wildman–Crippen LogP) is 1.82. The minimum absolute atomic E-state index is 0.0111. The van der Waals surface area contributed by atoms with E-state index in [1.807, 2.05) is 0 Å². The quantitative estimate of drug-likeness (QED) is 0.741. The van der Waals surface area contributed by atoms with Crippen LogP contribution in [0.4, 0.5) is 0 Å². The third kappa shape index (κ3) is 4.31. The third-order valence-electron chi connectivity index (χ3n) is 4.47. The van der Waals surface area contributed by atoms with Crippen molar-refractivity contribution < 1.29 is 23.1 Å². The van der Waals surface area contributed by atoms with Crippen molar-refractivity contribution in [1.29, 1.82) is 0 Å². The van der Waals surface area contributed by atoms with Crippen molar-refractivity contribution >= 4 is 33.5 Å². The average molecular weight is 389 g/mol. The summed E-state index contributed by atoms with van der Waals surface area (Å²) < 4.78 is 25.5. The van der Waals surface area contributed by atoms with Crippen LogP contribution in [0.5, 0.6) is 0 Å². The Hall–Kier alpha value is -1.64. The SMILES string of the molecule is CN(C)S(=O)(=O)c1cc(C(=O)NCC(C(=O)O)C2CCC2)ccc1Cl. The predicted molar refractivity (Wildman–Crippen MR) is 93.1 cm³/mol. The van der Waals surface area contributed by atoms with Crippen molar-refractivity contribution in [1.82, 2.24) is 9.62 Å². The van der Waals surface area contributed by atoms with Crippen LogP contribution in [-0.4, -0.2) is 50.3 Å². The van der Waals surface area contributed by atoms with E-state index < -0.39 is 27.8 Å². The number of carboxylic acids is 1. The molecule has 1 atom stereocenters. The zero-order valence-corrected chi connectivity index (χ0v) is 15.6. The number of hydrogen-bond acceptors (Lipinski definition) is 4. The van der Waals surface area contributed by atoms with Crippen LogP contribution >= 0.6 is 11.6 Å². The molecule has 1 unspecified atom stereocenters. The number of carboxylic acid groups (broad SMARTS) is 1. The van der Waals surface area contributed by atoms with Crippen LogP contribution in [0.1, 0.15) is 29.6 Å². The van der Waals surface area contributed by atoms with Gasteiger partial charge in [-0.05, 0) is 37.0 Å². The van der Waals surface area contributed by atoms with Gasteiger partial charge in [-0.2, -0.15) is 0 Å². The molecule has 138 valence electrons. The summed E-state index contributed by atoms with van der Waals surface area (Å²) in [5, 5.41) is 11.9. The van der Waals surface area contributed by atoms with Crippen LogP contribution in [0.3, 0.4) is 0 Å². The number of sulfonamides is 1. The minimum Gasteiger partial charge on any atom is -0.481 e. The lowest BCUT2D eigenvalue weighted by atomic mass is 9.76. The van der Waals surface area contributed by atoms with E-state index in [2.05, 4.69) is 5.32 Å². The number of carbonyl (C=O) groups is 2. The molecule has 0 heterocycles. The van der Waals surface area contributed by atoms with Gasteiger partial charge in [0, 0.05) is 26.2 Å². The van der Waals surface area contributed by atoms with Crippen molar-refractivity contribution in [2.75, 3.05) is 20.6 Å². The minimum atomic E-state index is -3.79. The Labute approximate surface area is 152 Å². The molecule has 1 fully saturated rings. The average Bonchev–Trinajstić information content (AvgIpc) is 2.48. The highest BCUT2D eigenvalue weighted by Crippen LogP contribution is 2.33. The molecule has 1 amide bonds. The molecular weight excluding hydrogens is 368 g/mol. The fraction of sp³-hybridized carbons (Fsp3) is 0.500. The van der Waals surface area contributed by atoms with E-state index in [0.29, 0.717) is 0 Å². The molecule has 2 rings (SSSR count). The number of rotatable bonds is 7. The Bertz CT molecular complexity index is 775. The van der Waals surface area contributed by atoms with Gasteiger partial charge in [0.1, 0.15) is 4.90 Å². The van der Waals surface area contributed by atoms with Crippen LogP contribution in [0, 0.1) is 11.8 Å². The van der Waals surface area contributed by atoms with Crippen LogP contribution < -0.4 is 5.32 Å². The molecule has 0 bridgehead atoms. The van der Waals surface area contributed by atoms with Gasteiger partial charge in [-0.25, -0.2) is 12.7 Å². The summed E-state index contributed by atoms with van der Waals surface area (Å²) in [4.78, 5) is 23.5. The second-order valence-corrected chi connectivity index (χ2v) is 8.81. The van der Waals surface area contributed by atoms with Crippen LogP contribution in [0.15, 0.2) is 23.1 Å². The van der Waals surface area contributed by atoms with Crippen LogP contribution in [0.2, 0.25) is 5.02 Å². The molecule has 1 saturated carbocycles. The van der Waals surface area contributed by atoms with Gasteiger partial charge in [-0.1, -0.05) is 18.0 Å². The van der Waals surface area contributed by atoms with Gasteiger partial charge < -0.3 is 10.4 Å². The number of nitrogens with zero attached hydrogens (tertiary/aromatic N) is 1. The Morgan fingerprint density at radius 3 is 2.48 bits per heavy atom. The molecule has 1 aliphatic rings. The maximum absolute atomic E-state index is 12.3. The molecule has 7 nitrogen and oxygen atoms in total. The van der Waals surface area contributed by atoms with E-state index in [9.17, 15) is 23.1 Å². The Morgan fingerprint density at radius 2 is 2.00 bits per heavy atom. The van der Waals surface area contributed by atoms with E-state index >= 15 is 0 Å². The van der Waals surface area contributed by atoms with E-state index in [-0.39, 0.29) is 27.9 Å². The number of hydrogen-bond donors (Lipinski definition) is 2. The van der Waals surface area contributed by atoms with Gasteiger partial charge in [0.25, 0.3) is 5.91 Å². The maximum atomic E-state index is 12.3. The molecule has 0 saturated heterocycles. The van der Waals surface area contributed by atoms with Crippen molar-refractivity contribution in [3.05, 3.63) is 28.8 Å². The van der Waals surface area contributed by atoms with Crippen LogP contribution in [0.25, 0.3) is 0 Å². The summed E-state index contributed by atoms with van der Waals surface area (Å²) in [5.74, 6) is -2.02. The number of amides is 1. The highest BCUT2D eigenvalue weighted by Gasteiger charge is 2.32. The maximum Gasteiger partial charge on any atom is 0.308 e. The first-order valence-corrected chi connectivity index (χ1v) is 9.69. The lowest BCUT2D eigenvalue weighted by Crippen LogP contribution is -2.39. The van der Waals surface area contributed by atoms with Gasteiger partial charge >= 0.3 is 5.97 Å². The number of carbonyl (C=O) groups excluding carboxylic acids is 1. The number of benzene rings is 1. The van der Waals surface area contributed by atoms with E-state index in [1.165, 1.54) is 32.3 Å². The zero-order chi connectivity index (χ0) is 18.8. The van der Waals surface area contributed by atoms with Crippen molar-refractivity contribution in [3.8, 4) is 0 Å². The lowest BCUT2D eigenvalue weighted by molar-refractivity contribution is -0.144. The summed E-state index contributed by atoms with van der Waals surface area (Å²) in [6, 6.07) is 3.95. The van der Waals surface area contributed by atoms with E-state index in [4.69, 9.17) is 11.6 Å². The second kappa shape index (κ2) is 7.72. The Kier molecular flexibility index (Phi) is 6.08. The van der Waals surface area contributed by atoms with Crippen molar-refractivity contribution in [3.63, 3.8) is 0 Å². The Balaban J connectivity index is 2.15. The van der Waals surface area contributed by atoms with E-state index in [0.717, 1.165) is 23.6 Å². The van der Waals surface area contributed by atoms with Gasteiger partial charge in [0.2, 0.25) is 10.0 Å². The normalized spacial score (nSPS) is 16.3. The molecule has 1 aromatic carbocycles. The summed E-state index contributed by atoms with van der Waals surface area (Å²) >= 11 is 5.95. The number of aliphatic carboxylic acids is 1. The molecule has 2 N–H and O–H groups in total. The highest BCUT2D eigenvalue weighted by molar-refractivity contribution is 7.89. The summed E-state index contributed by atoms with van der Waals surface area (Å²) in [6.07, 6.45) is 2.70. The number of nitrogens with one attached hydrogen (secondary N) is 1. The van der Waals surface area contributed by atoms with Gasteiger partial charge in [-0.15, -0.1) is 0 Å². The van der Waals surface area contributed by atoms with Crippen molar-refractivity contribution in [2.45, 2.75) is 24.2 Å². The second-order valence-electron chi connectivity index (χ2n) is 6.28. The summed E-state index contributed by atoms with van der Waals surface area (Å²) in [7, 11) is -1.05. The molecular formula is C16H21ClN2O5S. The standard InChI is InChI=1S/C16H21ClN2O5S/c1-19(2)25(23,24)14-8-11(6-7-13(14)17)15(20)18-9-12(16(21)22)10-4-3-5-10/h6-8,10,12H,3-5,9H2,1-2H3,(H,18,20)(H,21,22). The van der Waals surface area contributed by atoms with Gasteiger partial charge in [0.05, 0.1) is 10.9 Å². The summed E-state index contributed by atoms with van der Waals surface area (Å²) in [6.45, 7) is 0.0111. The van der Waals surface area contributed by atoms with E-state index in [1.54, 1.807) is 0 Å². The first-order valence-electron chi connectivity index (χ1n) is 7.87.